The van der Waals surface area contributed by atoms with Crippen LogP contribution in [0.1, 0.15) is 11.1 Å². The summed E-state index contributed by atoms with van der Waals surface area (Å²) < 4.78 is 18.7. The second kappa shape index (κ2) is 6.04. The van der Waals surface area contributed by atoms with E-state index in [-0.39, 0.29) is 5.02 Å². The molecule has 0 amide bonds. The Bertz CT molecular complexity index is 586. The molecule has 0 unspecified atom stereocenters. The Hall–Kier alpha value is -1.58. The van der Waals surface area contributed by atoms with E-state index in [0.29, 0.717) is 11.5 Å². The quantitative estimate of drug-likeness (QED) is 0.901. The third-order valence-electron chi connectivity index (χ3n) is 2.81. The zero-order chi connectivity index (χ0) is 13.8. The van der Waals surface area contributed by atoms with Gasteiger partial charge in [0.05, 0.1) is 5.02 Å². The fourth-order valence-electron chi connectivity index (χ4n) is 1.80. The molecule has 19 heavy (non-hydrogen) atoms. The number of ether oxygens (including phenoxy) is 1. The van der Waals surface area contributed by atoms with Gasteiger partial charge in [0.15, 0.2) is 0 Å². The molecule has 2 aromatic rings. The van der Waals surface area contributed by atoms with Crippen molar-refractivity contribution in [3.05, 3.63) is 58.4 Å². The second-order valence-corrected chi connectivity index (χ2v) is 4.70. The summed E-state index contributed by atoms with van der Waals surface area (Å²) in [5.41, 5.74) is 2.35. The van der Waals surface area contributed by atoms with Crippen LogP contribution in [0.4, 0.5) is 4.39 Å². The average Bonchev–Trinajstić information content (AvgIpc) is 2.37. The average molecular weight is 280 g/mol. The van der Waals surface area contributed by atoms with Crippen LogP contribution in [-0.2, 0) is 6.54 Å². The van der Waals surface area contributed by atoms with Gasteiger partial charge in [-0.05, 0) is 49.4 Å². The lowest BCUT2D eigenvalue weighted by Crippen LogP contribution is -2.06. The summed E-state index contributed by atoms with van der Waals surface area (Å²) in [6, 6.07) is 10.2. The largest absolute Gasteiger partial charge is 0.457 e. The predicted octanol–water partition coefficient (Wildman–Crippen LogP) is 4.30. The van der Waals surface area contributed by atoms with E-state index >= 15 is 0 Å². The van der Waals surface area contributed by atoms with Gasteiger partial charge >= 0.3 is 0 Å². The fraction of sp³-hybridized carbons (Fsp3) is 0.200. The summed E-state index contributed by atoms with van der Waals surface area (Å²) in [7, 11) is 1.91. The minimum absolute atomic E-state index is 0.0565. The molecule has 0 saturated heterocycles. The molecule has 0 heterocycles. The van der Waals surface area contributed by atoms with Crippen LogP contribution in [-0.4, -0.2) is 7.05 Å². The number of hydrogen-bond donors (Lipinski definition) is 1. The van der Waals surface area contributed by atoms with Crippen molar-refractivity contribution in [1.29, 1.82) is 0 Å². The molecule has 0 spiro atoms. The second-order valence-electron chi connectivity index (χ2n) is 4.30. The number of benzene rings is 2. The van der Waals surface area contributed by atoms with Gasteiger partial charge in [0, 0.05) is 12.6 Å². The van der Waals surface area contributed by atoms with Crippen LogP contribution in [0, 0.1) is 12.7 Å². The first-order valence-electron chi connectivity index (χ1n) is 5.97. The van der Waals surface area contributed by atoms with E-state index < -0.39 is 5.82 Å². The van der Waals surface area contributed by atoms with Crippen molar-refractivity contribution in [2.45, 2.75) is 13.5 Å². The van der Waals surface area contributed by atoms with Gasteiger partial charge in [-0.15, -0.1) is 0 Å². The number of hydrogen-bond acceptors (Lipinski definition) is 2. The molecule has 0 aliphatic carbocycles. The molecule has 0 atom stereocenters. The van der Waals surface area contributed by atoms with Gasteiger partial charge in [0.25, 0.3) is 0 Å². The number of aryl methyl sites for hydroxylation is 1. The van der Waals surface area contributed by atoms with Crippen LogP contribution in [0.25, 0.3) is 0 Å². The van der Waals surface area contributed by atoms with Crippen LogP contribution in [0.2, 0.25) is 5.02 Å². The molecule has 0 saturated carbocycles. The van der Waals surface area contributed by atoms with E-state index in [4.69, 9.17) is 16.3 Å². The monoisotopic (exact) mass is 279 g/mol. The molecule has 0 radical (unpaired) electrons. The van der Waals surface area contributed by atoms with Crippen molar-refractivity contribution >= 4 is 11.6 Å². The highest BCUT2D eigenvalue weighted by atomic mass is 35.5. The molecule has 0 aliphatic heterocycles. The highest BCUT2D eigenvalue weighted by Gasteiger charge is 2.04. The lowest BCUT2D eigenvalue weighted by Gasteiger charge is -2.10. The van der Waals surface area contributed by atoms with Crippen molar-refractivity contribution in [3.8, 4) is 11.5 Å². The lowest BCUT2D eigenvalue weighted by atomic mass is 10.1. The van der Waals surface area contributed by atoms with Crippen LogP contribution < -0.4 is 10.1 Å². The molecule has 100 valence electrons. The van der Waals surface area contributed by atoms with Crippen molar-refractivity contribution in [1.82, 2.24) is 5.32 Å². The fourth-order valence-corrected chi connectivity index (χ4v) is 1.97. The Morgan fingerprint density at radius 2 is 1.84 bits per heavy atom. The normalized spacial score (nSPS) is 10.5. The van der Waals surface area contributed by atoms with E-state index in [1.807, 2.05) is 32.2 Å². The van der Waals surface area contributed by atoms with E-state index in [0.717, 1.165) is 12.1 Å². The smallest absolute Gasteiger partial charge is 0.142 e. The van der Waals surface area contributed by atoms with Gasteiger partial charge in [-0.3, -0.25) is 0 Å². The van der Waals surface area contributed by atoms with Crippen molar-refractivity contribution in [2.24, 2.45) is 0 Å². The highest BCUT2D eigenvalue weighted by molar-refractivity contribution is 6.30. The van der Waals surface area contributed by atoms with Crippen molar-refractivity contribution in [2.75, 3.05) is 7.05 Å². The number of nitrogens with one attached hydrogen (secondary N) is 1. The summed E-state index contributed by atoms with van der Waals surface area (Å²) in [6.07, 6.45) is 0. The maximum Gasteiger partial charge on any atom is 0.142 e. The van der Waals surface area contributed by atoms with Gasteiger partial charge in [0.2, 0.25) is 0 Å². The Kier molecular flexibility index (Phi) is 4.40. The van der Waals surface area contributed by atoms with Crippen LogP contribution in [0.3, 0.4) is 0 Å². The Morgan fingerprint density at radius 1 is 1.16 bits per heavy atom. The van der Waals surface area contributed by atoms with E-state index in [9.17, 15) is 4.39 Å². The first-order chi connectivity index (χ1) is 9.10. The number of rotatable bonds is 4. The zero-order valence-corrected chi connectivity index (χ0v) is 11.6. The Morgan fingerprint density at radius 3 is 2.47 bits per heavy atom. The van der Waals surface area contributed by atoms with Crippen molar-refractivity contribution in [3.63, 3.8) is 0 Å². The third kappa shape index (κ3) is 3.46. The van der Waals surface area contributed by atoms with Gasteiger partial charge in [-0.25, -0.2) is 4.39 Å². The maximum atomic E-state index is 13.0. The topological polar surface area (TPSA) is 21.3 Å². The number of halogens is 2. The summed E-state index contributed by atoms with van der Waals surface area (Å²) in [5, 5.41) is 3.16. The van der Waals surface area contributed by atoms with E-state index in [2.05, 4.69) is 5.32 Å². The molecule has 0 fully saturated rings. The van der Waals surface area contributed by atoms with Gasteiger partial charge in [-0.1, -0.05) is 17.7 Å². The van der Waals surface area contributed by atoms with E-state index in [1.54, 1.807) is 6.07 Å². The lowest BCUT2D eigenvalue weighted by molar-refractivity contribution is 0.480. The minimum Gasteiger partial charge on any atom is -0.457 e. The molecule has 4 heteroatoms. The molecule has 1 N–H and O–H groups in total. The van der Waals surface area contributed by atoms with Gasteiger partial charge in [-0.2, -0.15) is 0 Å². The third-order valence-corrected chi connectivity index (χ3v) is 3.10. The summed E-state index contributed by atoms with van der Waals surface area (Å²) in [6.45, 7) is 2.84. The van der Waals surface area contributed by atoms with Crippen LogP contribution >= 0.6 is 11.6 Å². The highest BCUT2D eigenvalue weighted by Crippen LogP contribution is 2.27. The molecule has 0 aromatic heterocycles. The summed E-state index contributed by atoms with van der Waals surface area (Å²) >= 11 is 5.71. The molecule has 0 bridgehead atoms. The maximum absolute atomic E-state index is 13.0. The summed E-state index contributed by atoms with van der Waals surface area (Å²) in [5.74, 6) is 0.779. The molecule has 2 nitrogen and oxygen atoms in total. The predicted molar refractivity (Wildman–Crippen MR) is 75.4 cm³/mol. The van der Waals surface area contributed by atoms with E-state index in [1.165, 1.54) is 17.7 Å². The molecule has 0 aliphatic rings. The van der Waals surface area contributed by atoms with Crippen LogP contribution in [0.5, 0.6) is 11.5 Å². The first kappa shape index (κ1) is 13.8. The van der Waals surface area contributed by atoms with Gasteiger partial charge < -0.3 is 10.1 Å². The summed E-state index contributed by atoms with van der Waals surface area (Å²) in [4.78, 5) is 0. The standard InChI is InChI=1S/C15H15ClFNO/c1-10-7-12(4-3-11(10)9-18-2)19-13-5-6-15(17)14(16)8-13/h3-8,18H,9H2,1-2H3. The Balaban J connectivity index is 2.19. The zero-order valence-electron chi connectivity index (χ0n) is 10.8. The SMILES string of the molecule is CNCc1ccc(Oc2ccc(F)c(Cl)c2)cc1C. The first-order valence-corrected chi connectivity index (χ1v) is 6.35. The van der Waals surface area contributed by atoms with Crippen molar-refractivity contribution < 1.29 is 9.13 Å². The Labute approximate surface area is 117 Å². The molecule has 2 rings (SSSR count). The molecule has 2 aromatic carbocycles. The minimum atomic E-state index is -0.449. The van der Waals surface area contributed by atoms with Gasteiger partial charge in [0.1, 0.15) is 17.3 Å². The van der Waals surface area contributed by atoms with Crippen LogP contribution in [0.15, 0.2) is 36.4 Å². The molecular formula is C15H15ClFNO. The molecular weight excluding hydrogens is 265 g/mol.